The highest BCUT2D eigenvalue weighted by Crippen LogP contribution is 2.14. The van der Waals surface area contributed by atoms with Crippen LogP contribution >= 0.6 is 0 Å². The fourth-order valence-corrected chi connectivity index (χ4v) is 1.41. The van der Waals surface area contributed by atoms with E-state index in [0.29, 0.717) is 6.54 Å². The van der Waals surface area contributed by atoms with Gasteiger partial charge in [-0.05, 0) is 21.1 Å². The number of likely N-dealkylation sites (tertiary alicyclic amines) is 1. The van der Waals surface area contributed by atoms with Crippen molar-refractivity contribution in [1.82, 2.24) is 9.80 Å². The minimum Gasteiger partial charge on any atom is -0.307 e. The van der Waals surface area contributed by atoms with Crippen LogP contribution in [0.15, 0.2) is 0 Å². The lowest BCUT2D eigenvalue weighted by molar-refractivity contribution is -0.0979. The highest BCUT2D eigenvalue weighted by atomic mass is 19.1. The van der Waals surface area contributed by atoms with Crippen molar-refractivity contribution in [3.05, 3.63) is 0 Å². The molecule has 0 aromatic carbocycles. The summed E-state index contributed by atoms with van der Waals surface area (Å²) in [5.74, 6) is 0. The molecular weight excluding hydrogens is 207 g/mol. The molecule has 1 fully saturated rings. The Balaban J connectivity index is -0.000000245. The van der Waals surface area contributed by atoms with Gasteiger partial charge >= 0.3 is 0 Å². The molecule has 1 heterocycles. The predicted octanol–water partition coefficient (Wildman–Crippen LogP) is 2.07. The fourth-order valence-electron chi connectivity index (χ4n) is 1.41. The lowest BCUT2D eigenvalue weighted by Gasteiger charge is -2.19. The molecule has 1 aliphatic rings. The normalized spacial score (nSPS) is 23.3. The summed E-state index contributed by atoms with van der Waals surface area (Å²) in [6.07, 6.45) is -0.667. The van der Waals surface area contributed by atoms with E-state index in [1.807, 2.05) is 65.4 Å². The average molecular weight is 236 g/mol. The van der Waals surface area contributed by atoms with Crippen molar-refractivity contribution in [2.45, 2.75) is 39.9 Å². The first-order chi connectivity index (χ1) is 7.61. The van der Waals surface area contributed by atoms with Crippen LogP contribution in [0.3, 0.4) is 0 Å². The van der Waals surface area contributed by atoms with Gasteiger partial charge in [-0.2, -0.15) is 0 Å². The summed E-state index contributed by atoms with van der Waals surface area (Å²) in [7, 11) is 5.81. The van der Waals surface area contributed by atoms with Crippen LogP contribution in [0.1, 0.15) is 27.7 Å². The molecule has 0 amide bonds. The van der Waals surface area contributed by atoms with E-state index in [1.165, 1.54) is 0 Å². The first kappa shape index (κ1) is 20.9. The molecule has 1 saturated heterocycles. The van der Waals surface area contributed by atoms with Crippen molar-refractivity contribution < 1.29 is 9.18 Å². The zero-order chi connectivity index (χ0) is 13.7. The number of alkyl halides is 1. The molecule has 0 saturated carbocycles. The standard InChI is InChI=1S/C7H15FN2.2C2H6.CH2O/c1-9(2)7-5-10(3)4-6(7)8;3*1-2/h6-7H,4-5H2,1-3H3;2*1-2H3;1H2. The van der Waals surface area contributed by atoms with E-state index in [1.54, 1.807) is 0 Å². The topological polar surface area (TPSA) is 23.6 Å². The fraction of sp³-hybridized carbons (Fsp3) is 0.917. The molecule has 2 unspecified atom stereocenters. The van der Waals surface area contributed by atoms with Crippen LogP contribution in [-0.4, -0.2) is 63.0 Å². The summed E-state index contributed by atoms with van der Waals surface area (Å²) in [6, 6.07) is 0.102. The summed E-state index contributed by atoms with van der Waals surface area (Å²) in [6.45, 7) is 11.4. The summed E-state index contributed by atoms with van der Waals surface area (Å²) in [4.78, 5) is 12.0. The quantitative estimate of drug-likeness (QED) is 0.696. The summed E-state index contributed by atoms with van der Waals surface area (Å²) in [5.41, 5.74) is 0. The Labute approximate surface area is 101 Å². The number of nitrogens with zero attached hydrogens (tertiary/aromatic N) is 2. The van der Waals surface area contributed by atoms with Crippen molar-refractivity contribution in [3.8, 4) is 0 Å². The van der Waals surface area contributed by atoms with Gasteiger partial charge in [0.05, 0.1) is 6.04 Å². The van der Waals surface area contributed by atoms with E-state index in [2.05, 4.69) is 0 Å². The molecule has 0 spiro atoms. The highest BCUT2D eigenvalue weighted by molar-refractivity contribution is 5.10. The molecule has 1 rings (SSSR count). The second-order valence-electron chi connectivity index (χ2n) is 3.27. The van der Waals surface area contributed by atoms with Crippen molar-refractivity contribution in [2.75, 3.05) is 34.2 Å². The third-order valence-electron chi connectivity index (χ3n) is 2.07. The molecule has 4 heteroatoms. The largest absolute Gasteiger partial charge is 0.307 e. The lowest BCUT2D eigenvalue weighted by Crippen LogP contribution is -2.35. The Morgan fingerprint density at radius 3 is 1.62 bits per heavy atom. The smallest absolute Gasteiger partial charge is 0.129 e. The molecule has 0 aliphatic carbocycles. The van der Waals surface area contributed by atoms with Crippen molar-refractivity contribution in [3.63, 3.8) is 0 Å². The van der Waals surface area contributed by atoms with Crippen LogP contribution in [0.25, 0.3) is 0 Å². The van der Waals surface area contributed by atoms with Crippen LogP contribution in [0, 0.1) is 0 Å². The number of rotatable bonds is 1. The maximum absolute atomic E-state index is 13.0. The number of carbonyl (C=O) groups is 1. The van der Waals surface area contributed by atoms with Gasteiger partial charge in [0.15, 0.2) is 0 Å². The van der Waals surface area contributed by atoms with Crippen LogP contribution in [0.4, 0.5) is 4.39 Å². The minimum atomic E-state index is -0.667. The van der Waals surface area contributed by atoms with Gasteiger partial charge in [0.2, 0.25) is 0 Å². The van der Waals surface area contributed by atoms with Gasteiger partial charge in [-0.25, -0.2) is 4.39 Å². The molecule has 0 bridgehead atoms. The van der Waals surface area contributed by atoms with Crippen LogP contribution in [-0.2, 0) is 4.79 Å². The van der Waals surface area contributed by atoms with Gasteiger partial charge in [0.1, 0.15) is 13.0 Å². The first-order valence-electron chi connectivity index (χ1n) is 5.89. The van der Waals surface area contributed by atoms with Crippen molar-refractivity contribution in [1.29, 1.82) is 0 Å². The second-order valence-corrected chi connectivity index (χ2v) is 3.27. The van der Waals surface area contributed by atoms with Gasteiger partial charge in [-0.1, -0.05) is 27.7 Å². The number of hydrogen-bond acceptors (Lipinski definition) is 3. The van der Waals surface area contributed by atoms with Gasteiger partial charge in [0.25, 0.3) is 0 Å². The maximum Gasteiger partial charge on any atom is 0.129 e. The third kappa shape index (κ3) is 8.80. The second kappa shape index (κ2) is 14.5. The van der Waals surface area contributed by atoms with Gasteiger partial charge in [0, 0.05) is 13.1 Å². The number of halogens is 1. The maximum atomic E-state index is 13.0. The molecule has 0 aromatic rings. The van der Waals surface area contributed by atoms with E-state index in [4.69, 9.17) is 4.79 Å². The van der Waals surface area contributed by atoms with Crippen molar-refractivity contribution in [2.24, 2.45) is 0 Å². The van der Waals surface area contributed by atoms with E-state index in [9.17, 15) is 4.39 Å². The molecule has 1 aliphatic heterocycles. The van der Waals surface area contributed by atoms with Crippen LogP contribution in [0.5, 0.6) is 0 Å². The van der Waals surface area contributed by atoms with Crippen LogP contribution < -0.4 is 0 Å². The van der Waals surface area contributed by atoms with Gasteiger partial charge in [-0.3, -0.25) is 0 Å². The number of carbonyl (C=O) groups excluding carboxylic acids is 1. The van der Waals surface area contributed by atoms with E-state index in [0.717, 1.165) is 6.54 Å². The molecule has 0 N–H and O–H groups in total. The summed E-state index contributed by atoms with van der Waals surface area (Å²) >= 11 is 0. The summed E-state index contributed by atoms with van der Waals surface area (Å²) < 4.78 is 13.0. The van der Waals surface area contributed by atoms with Crippen LogP contribution in [0.2, 0.25) is 0 Å². The number of likely N-dealkylation sites (N-methyl/N-ethyl adjacent to an activating group) is 2. The molecule has 16 heavy (non-hydrogen) atoms. The van der Waals surface area contributed by atoms with E-state index in [-0.39, 0.29) is 6.04 Å². The SMILES string of the molecule is C=O.CC.CC.CN1CC(F)C(N(C)C)C1. The van der Waals surface area contributed by atoms with E-state index < -0.39 is 6.17 Å². The average Bonchev–Trinajstić information content (AvgIpc) is 2.66. The summed E-state index contributed by atoms with van der Waals surface area (Å²) in [5, 5.41) is 0. The van der Waals surface area contributed by atoms with Crippen molar-refractivity contribution >= 4 is 6.79 Å². The third-order valence-corrected chi connectivity index (χ3v) is 2.07. The molecular formula is C12H29FN2O. The Hall–Kier alpha value is -0.480. The monoisotopic (exact) mass is 236 g/mol. The Kier molecular flexibility index (Phi) is 18.9. The van der Waals surface area contributed by atoms with Gasteiger partial charge in [-0.15, -0.1) is 0 Å². The number of hydrogen-bond donors (Lipinski definition) is 0. The molecule has 100 valence electrons. The van der Waals surface area contributed by atoms with Gasteiger partial charge < -0.3 is 14.6 Å². The Morgan fingerprint density at radius 2 is 1.50 bits per heavy atom. The first-order valence-corrected chi connectivity index (χ1v) is 5.89. The molecule has 2 atom stereocenters. The zero-order valence-corrected chi connectivity index (χ0v) is 12.0. The highest BCUT2D eigenvalue weighted by Gasteiger charge is 2.31. The molecule has 3 nitrogen and oxygen atoms in total. The van der Waals surface area contributed by atoms with E-state index >= 15 is 0 Å². The Bertz CT molecular complexity index is 134. The zero-order valence-electron chi connectivity index (χ0n) is 12.0. The lowest BCUT2D eigenvalue weighted by atomic mass is 10.2. The molecule has 0 radical (unpaired) electrons. The Morgan fingerprint density at radius 1 is 1.12 bits per heavy atom. The molecule has 0 aromatic heterocycles. The minimum absolute atomic E-state index is 0.102. The predicted molar refractivity (Wildman–Crippen MR) is 69.7 cm³/mol.